The molecule has 0 spiro atoms. The number of carbonyl (C=O) groups excluding carboxylic acids is 1. The molecule has 0 aromatic heterocycles. The molecule has 0 unspecified atom stereocenters. The van der Waals surface area contributed by atoms with Crippen LogP contribution in [-0.2, 0) is 0 Å². The van der Waals surface area contributed by atoms with Gasteiger partial charge in [0.05, 0.1) is 12.8 Å². The molecule has 0 fully saturated rings. The first-order chi connectivity index (χ1) is 9.49. The maximum atomic E-state index is 12.2. The highest BCUT2D eigenvalue weighted by Gasteiger charge is 2.11. The van der Waals surface area contributed by atoms with Gasteiger partial charge in [0.2, 0.25) is 0 Å². The molecular weight excluding hydrogens is 276 g/mol. The molecule has 0 saturated heterocycles. The number of nitrogens with two attached hydrogens (primary N) is 1. The third-order valence-corrected chi connectivity index (χ3v) is 3.01. The number of carbonyl (C=O) groups is 1. The van der Waals surface area contributed by atoms with Gasteiger partial charge in [-0.15, -0.1) is 0 Å². The summed E-state index contributed by atoms with van der Waals surface area (Å²) < 4.78 is 5.24. The molecule has 2 aromatic carbocycles. The van der Waals surface area contributed by atoms with Crippen LogP contribution in [0.2, 0.25) is 5.02 Å². The van der Waals surface area contributed by atoms with Crippen LogP contribution in [0.1, 0.15) is 15.9 Å². The normalized spacial score (nSPS) is 10.2. The largest absolute Gasteiger partial charge is 0.495 e. The van der Waals surface area contributed by atoms with Gasteiger partial charge in [0.1, 0.15) is 5.75 Å². The lowest BCUT2D eigenvalue weighted by Crippen LogP contribution is -2.13. The zero-order chi connectivity index (χ0) is 14.7. The highest BCUT2D eigenvalue weighted by molar-refractivity contribution is 6.31. The van der Waals surface area contributed by atoms with E-state index in [0.29, 0.717) is 27.7 Å². The molecule has 0 bridgehead atoms. The van der Waals surface area contributed by atoms with E-state index >= 15 is 0 Å². The highest BCUT2D eigenvalue weighted by Crippen LogP contribution is 2.26. The van der Waals surface area contributed by atoms with E-state index in [2.05, 4.69) is 5.32 Å². The summed E-state index contributed by atoms with van der Waals surface area (Å²) >= 11 is 5.89. The molecule has 4 nitrogen and oxygen atoms in total. The van der Waals surface area contributed by atoms with E-state index in [9.17, 15) is 4.79 Å². The van der Waals surface area contributed by atoms with Gasteiger partial charge in [-0.1, -0.05) is 17.7 Å². The summed E-state index contributed by atoms with van der Waals surface area (Å²) in [5, 5.41) is 3.20. The van der Waals surface area contributed by atoms with Crippen LogP contribution in [0.25, 0.3) is 0 Å². The number of nitrogens with one attached hydrogen (secondary N) is 1. The highest BCUT2D eigenvalue weighted by atomic mass is 35.5. The Morgan fingerprint density at radius 3 is 2.65 bits per heavy atom. The Morgan fingerprint density at radius 2 is 2.00 bits per heavy atom. The van der Waals surface area contributed by atoms with Crippen LogP contribution in [0.5, 0.6) is 5.75 Å². The third kappa shape index (κ3) is 3.22. The summed E-state index contributed by atoms with van der Waals surface area (Å²) in [6.07, 6.45) is 0. The SMILES string of the molecule is COc1cc(C)ccc1NC(=O)c1cc(N)cc(Cl)c1. The van der Waals surface area contributed by atoms with Crippen LogP contribution in [0.15, 0.2) is 36.4 Å². The molecule has 0 aliphatic heterocycles. The van der Waals surface area contributed by atoms with Gasteiger partial charge in [0.25, 0.3) is 5.91 Å². The lowest BCUT2D eigenvalue weighted by molar-refractivity contribution is 0.102. The number of methoxy groups -OCH3 is 1. The smallest absolute Gasteiger partial charge is 0.255 e. The number of aryl methyl sites for hydroxylation is 1. The summed E-state index contributed by atoms with van der Waals surface area (Å²) in [7, 11) is 1.56. The Kier molecular flexibility index (Phi) is 4.15. The van der Waals surface area contributed by atoms with E-state index in [1.807, 2.05) is 19.1 Å². The van der Waals surface area contributed by atoms with Crippen molar-refractivity contribution in [1.82, 2.24) is 0 Å². The van der Waals surface area contributed by atoms with E-state index in [-0.39, 0.29) is 5.91 Å². The summed E-state index contributed by atoms with van der Waals surface area (Å²) in [5.41, 5.74) is 8.17. The van der Waals surface area contributed by atoms with Crippen molar-refractivity contribution in [2.24, 2.45) is 0 Å². The third-order valence-electron chi connectivity index (χ3n) is 2.79. The number of hydrogen-bond donors (Lipinski definition) is 2. The van der Waals surface area contributed by atoms with E-state index in [4.69, 9.17) is 22.1 Å². The second-order valence-corrected chi connectivity index (χ2v) is 4.87. The number of amides is 1. The standard InChI is InChI=1S/C15H15ClN2O2/c1-9-3-4-13(14(5-9)20-2)18-15(19)10-6-11(16)8-12(17)7-10/h3-8H,17H2,1-2H3,(H,18,19). The fourth-order valence-electron chi connectivity index (χ4n) is 1.84. The van der Waals surface area contributed by atoms with Gasteiger partial charge in [-0.25, -0.2) is 0 Å². The van der Waals surface area contributed by atoms with Gasteiger partial charge in [0.15, 0.2) is 0 Å². The number of rotatable bonds is 3. The second-order valence-electron chi connectivity index (χ2n) is 4.43. The van der Waals surface area contributed by atoms with E-state index < -0.39 is 0 Å². The minimum absolute atomic E-state index is 0.290. The average Bonchev–Trinajstić information content (AvgIpc) is 2.39. The Bertz CT molecular complexity index is 636. The number of ether oxygens (including phenoxy) is 1. The number of hydrogen-bond acceptors (Lipinski definition) is 3. The predicted octanol–water partition coefficient (Wildman–Crippen LogP) is 3.49. The second kappa shape index (κ2) is 5.84. The fraction of sp³-hybridized carbons (Fsp3) is 0.133. The number of anilines is 2. The topological polar surface area (TPSA) is 64.3 Å². The summed E-state index contributed by atoms with van der Waals surface area (Å²) in [6.45, 7) is 1.95. The molecule has 104 valence electrons. The average molecular weight is 291 g/mol. The van der Waals surface area contributed by atoms with Crippen molar-refractivity contribution < 1.29 is 9.53 Å². The van der Waals surface area contributed by atoms with Crippen molar-refractivity contribution in [3.05, 3.63) is 52.5 Å². The van der Waals surface area contributed by atoms with Gasteiger partial charge in [-0.3, -0.25) is 4.79 Å². The van der Waals surface area contributed by atoms with Gasteiger partial charge < -0.3 is 15.8 Å². The van der Waals surface area contributed by atoms with Crippen LogP contribution >= 0.6 is 11.6 Å². The molecular formula is C15H15ClN2O2. The molecule has 2 aromatic rings. The van der Waals surface area contributed by atoms with Crippen molar-refractivity contribution in [2.75, 3.05) is 18.2 Å². The molecule has 2 rings (SSSR count). The van der Waals surface area contributed by atoms with Gasteiger partial charge in [0, 0.05) is 16.3 Å². The Hall–Kier alpha value is -2.20. The lowest BCUT2D eigenvalue weighted by Gasteiger charge is -2.11. The quantitative estimate of drug-likeness (QED) is 0.851. The molecule has 5 heteroatoms. The first-order valence-corrected chi connectivity index (χ1v) is 6.39. The van der Waals surface area contributed by atoms with Crippen molar-refractivity contribution >= 4 is 28.9 Å². The zero-order valence-corrected chi connectivity index (χ0v) is 12.0. The van der Waals surface area contributed by atoms with Crippen LogP contribution in [-0.4, -0.2) is 13.0 Å². The number of nitrogen functional groups attached to an aromatic ring is 1. The Balaban J connectivity index is 2.27. The van der Waals surface area contributed by atoms with E-state index in [0.717, 1.165) is 5.56 Å². The van der Waals surface area contributed by atoms with Crippen molar-refractivity contribution in [3.63, 3.8) is 0 Å². The molecule has 0 atom stereocenters. The first-order valence-electron chi connectivity index (χ1n) is 6.01. The van der Waals surface area contributed by atoms with Crippen molar-refractivity contribution in [2.45, 2.75) is 6.92 Å². The maximum absolute atomic E-state index is 12.2. The fourth-order valence-corrected chi connectivity index (χ4v) is 2.08. The van der Waals surface area contributed by atoms with Crippen molar-refractivity contribution in [3.8, 4) is 5.75 Å². The van der Waals surface area contributed by atoms with Crippen LogP contribution < -0.4 is 15.8 Å². The zero-order valence-electron chi connectivity index (χ0n) is 11.2. The van der Waals surface area contributed by atoms with Crippen LogP contribution in [0.3, 0.4) is 0 Å². The van der Waals surface area contributed by atoms with Gasteiger partial charge in [-0.05, 0) is 42.8 Å². The molecule has 20 heavy (non-hydrogen) atoms. The number of benzene rings is 2. The lowest BCUT2D eigenvalue weighted by atomic mass is 10.1. The summed E-state index contributed by atoms with van der Waals surface area (Å²) in [6, 6.07) is 10.3. The molecule has 0 radical (unpaired) electrons. The van der Waals surface area contributed by atoms with E-state index in [1.165, 1.54) is 0 Å². The maximum Gasteiger partial charge on any atom is 0.255 e. The molecule has 0 aliphatic carbocycles. The van der Waals surface area contributed by atoms with Crippen molar-refractivity contribution in [1.29, 1.82) is 0 Å². The van der Waals surface area contributed by atoms with Crippen LogP contribution in [0, 0.1) is 6.92 Å². The molecule has 0 aliphatic rings. The summed E-state index contributed by atoms with van der Waals surface area (Å²) in [4.78, 5) is 12.2. The van der Waals surface area contributed by atoms with Gasteiger partial charge in [-0.2, -0.15) is 0 Å². The molecule has 3 N–H and O–H groups in total. The predicted molar refractivity (Wildman–Crippen MR) is 81.5 cm³/mol. The van der Waals surface area contributed by atoms with Crippen LogP contribution in [0.4, 0.5) is 11.4 Å². The Labute approximate surface area is 122 Å². The number of halogens is 1. The minimum atomic E-state index is -0.290. The Morgan fingerprint density at radius 1 is 1.25 bits per heavy atom. The monoisotopic (exact) mass is 290 g/mol. The molecule has 0 saturated carbocycles. The van der Waals surface area contributed by atoms with Gasteiger partial charge >= 0.3 is 0 Å². The minimum Gasteiger partial charge on any atom is -0.495 e. The molecule has 1 amide bonds. The first kappa shape index (κ1) is 14.2. The molecule has 0 heterocycles. The summed E-state index contributed by atoms with van der Waals surface area (Å²) in [5.74, 6) is 0.315. The van der Waals surface area contributed by atoms with E-state index in [1.54, 1.807) is 31.4 Å².